The van der Waals surface area contributed by atoms with Crippen molar-refractivity contribution in [3.05, 3.63) is 66.4 Å². The van der Waals surface area contributed by atoms with E-state index >= 15 is 0 Å². The summed E-state index contributed by atoms with van der Waals surface area (Å²) in [7, 11) is -3.51. The van der Waals surface area contributed by atoms with Crippen LogP contribution in [-0.4, -0.2) is 25.4 Å². The minimum atomic E-state index is -3.51. The number of carbonyl (C=O) groups is 1. The van der Waals surface area contributed by atoms with Crippen LogP contribution in [0.25, 0.3) is 10.9 Å². The van der Waals surface area contributed by atoms with Gasteiger partial charge in [0.2, 0.25) is 10.0 Å². The Morgan fingerprint density at radius 1 is 1.04 bits per heavy atom. The van der Waals surface area contributed by atoms with Gasteiger partial charge in [0.05, 0.1) is 22.3 Å². The molecule has 132 valence electrons. The summed E-state index contributed by atoms with van der Waals surface area (Å²) in [5.41, 5.74) is 1.81. The molecule has 2 N–H and O–H groups in total. The average molecular weight is 367 g/mol. The fourth-order valence-corrected chi connectivity index (χ4v) is 3.92. The highest BCUT2D eigenvalue weighted by Gasteiger charge is 2.27. The van der Waals surface area contributed by atoms with Crippen molar-refractivity contribution < 1.29 is 13.2 Å². The van der Waals surface area contributed by atoms with Crippen LogP contribution in [0.15, 0.2) is 65.7 Å². The molecular formula is C19H17N3O3S. The van der Waals surface area contributed by atoms with Gasteiger partial charge in [0.1, 0.15) is 0 Å². The summed E-state index contributed by atoms with van der Waals surface area (Å²) in [6, 6.07) is 15.4. The predicted octanol–water partition coefficient (Wildman–Crippen LogP) is 2.93. The Morgan fingerprint density at radius 2 is 1.77 bits per heavy atom. The maximum atomic E-state index is 12.4. The minimum Gasteiger partial charge on any atom is -0.321 e. The highest BCUT2D eigenvalue weighted by Crippen LogP contribution is 2.22. The van der Waals surface area contributed by atoms with Gasteiger partial charge < -0.3 is 5.32 Å². The fraction of sp³-hybridized carbons (Fsp3) is 0.158. The Kier molecular flexibility index (Phi) is 4.18. The van der Waals surface area contributed by atoms with Crippen LogP contribution in [0, 0.1) is 0 Å². The Labute approximate surface area is 151 Å². The topological polar surface area (TPSA) is 88.2 Å². The number of pyridine rings is 1. The number of hydrogen-bond acceptors (Lipinski definition) is 4. The van der Waals surface area contributed by atoms with Gasteiger partial charge in [0, 0.05) is 17.0 Å². The Morgan fingerprint density at radius 3 is 2.50 bits per heavy atom. The largest absolute Gasteiger partial charge is 0.321 e. The van der Waals surface area contributed by atoms with E-state index in [-0.39, 0.29) is 16.8 Å². The summed E-state index contributed by atoms with van der Waals surface area (Å²) >= 11 is 0. The molecule has 0 bridgehead atoms. The van der Waals surface area contributed by atoms with Crippen molar-refractivity contribution in [3.8, 4) is 0 Å². The van der Waals surface area contributed by atoms with Crippen molar-refractivity contribution in [2.75, 3.05) is 5.32 Å². The zero-order valence-corrected chi connectivity index (χ0v) is 14.7. The van der Waals surface area contributed by atoms with Crippen molar-refractivity contribution in [1.29, 1.82) is 0 Å². The summed E-state index contributed by atoms with van der Waals surface area (Å²) in [6.07, 6.45) is 3.34. The molecule has 7 heteroatoms. The van der Waals surface area contributed by atoms with Crippen LogP contribution in [0.3, 0.4) is 0 Å². The predicted molar refractivity (Wildman–Crippen MR) is 99.5 cm³/mol. The number of amides is 1. The lowest BCUT2D eigenvalue weighted by molar-refractivity contribution is 0.102. The van der Waals surface area contributed by atoms with Gasteiger partial charge in [-0.05, 0) is 49.2 Å². The highest BCUT2D eigenvalue weighted by molar-refractivity contribution is 7.89. The molecule has 0 aliphatic heterocycles. The lowest BCUT2D eigenvalue weighted by atomic mass is 10.2. The molecule has 2 aromatic carbocycles. The van der Waals surface area contributed by atoms with Gasteiger partial charge in [-0.1, -0.05) is 18.2 Å². The van der Waals surface area contributed by atoms with Crippen LogP contribution < -0.4 is 10.0 Å². The zero-order chi connectivity index (χ0) is 18.1. The number of para-hydroxylation sites is 1. The molecule has 0 saturated heterocycles. The molecule has 1 amide bonds. The number of aromatic nitrogens is 1. The van der Waals surface area contributed by atoms with Gasteiger partial charge in [-0.15, -0.1) is 0 Å². The van der Waals surface area contributed by atoms with Gasteiger partial charge in [-0.3, -0.25) is 9.78 Å². The lowest BCUT2D eigenvalue weighted by Gasteiger charge is -2.08. The quantitative estimate of drug-likeness (QED) is 0.726. The number of fused-ring (bicyclic) bond motifs is 1. The summed E-state index contributed by atoms with van der Waals surface area (Å²) in [5.74, 6) is -0.318. The van der Waals surface area contributed by atoms with E-state index in [4.69, 9.17) is 0 Å². The van der Waals surface area contributed by atoms with Gasteiger partial charge in [0.15, 0.2) is 0 Å². The second-order valence-electron chi connectivity index (χ2n) is 6.29. The Bertz CT molecular complexity index is 1070. The van der Waals surface area contributed by atoms with Crippen LogP contribution in [0.5, 0.6) is 0 Å². The van der Waals surface area contributed by atoms with Crippen LogP contribution in [-0.2, 0) is 10.0 Å². The number of hydrogen-bond donors (Lipinski definition) is 2. The molecule has 1 aliphatic rings. The molecule has 1 aromatic heterocycles. The normalized spacial score (nSPS) is 14.3. The van der Waals surface area contributed by atoms with E-state index in [0.717, 1.165) is 23.7 Å². The number of nitrogens with zero attached hydrogens (tertiary/aromatic N) is 1. The summed E-state index contributed by atoms with van der Waals surface area (Å²) < 4.78 is 26.9. The highest BCUT2D eigenvalue weighted by atomic mass is 32.2. The van der Waals surface area contributed by atoms with Crippen LogP contribution in [0.4, 0.5) is 5.69 Å². The second-order valence-corrected chi connectivity index (χ2v) is 8.00. The van der Waals surface area contributed by atoms with Crippen molar-refractivity contribution in [2.45, 2.75) is 23.8 Å². The smallest absolute Gasteiger partial charge is 0.255 e. The number of nitrogens with one attached hydrogen (secondary N) is 2. The summed E-state index contributed by atoms with van der Waals surface area (Å²) in [6.45, 7) is 0. The van der Waals surface area contributed by atoms with E-state index in [2.05, 4.69) is 15.0 Å². The molecule has 0 unspecified atom stereocenters. The molecule has 0 radical (unpaired) electrons. The second kappa shape index (κ2) is 6.51. The minimum absolute atomic E-state index is 0.0448. The van der Waals surface area contributed by atoms with Gasteiger partial charge >= 0.3 is 0 Å². The maximum absolute atomic E-state index is 12.4. The third-order valence-electron chi connectivity index (χ3n) is 4.17. The molecule has 4 rings (SSSR count). The first-order valence-electron chi connectivity index (χ1n) is 8.30. The van der Waals surface area contributed by atoms with Crippen molar-refractivity contribution in [3.63, 3.8) is 0 Å². The number of sulfonamides is 1. The van der Waals surface area contributed by atoms with Crippen LogP contribution in [0.1, 0.15) is 23.2 Å². The first-order valence-corrected chi connectivity index (χ1v) is 9.78. The van der Waals surface area contributed by atoms with E-state index in [1.807, 2.05) is 30.3 Å². The Balaban J connectivity index is 1.50. The van der Waals surface area contributed by atoms with E-state index in [1.165, 1.54) is 24.3 Å². The molecule has 26 heavy (non-hydrogen) atoms. The van der Waals surface area contributed by atoms with E-state index < -0.39 is 10.0 Å². The molecule has 1 saturated carbocycles. The first kappa shape index (κ1) is 16.7. The molecule has 1 heterocycles. The standard InChI is InChI=1S/C19H17N3O3S/c23-19(21-16-11-14-3-1-2-4-18(14)20-12-16)13-5-9-17(10-6-13)26(24,25)22-15-7-8-15/h1-6,9-12,15,22H,7-8H2,(H,21,23). The van der Waals surface area contributed by atoms with Crippen molar-refractivity contribution >= 4 is 32.5 Å². The number of anilines is 1. The maximum Gasteiger partial charge on any atom is 0.255 e. The molecular weight excluding hydrogens is 350 g/mol. The zero-order valence-electron chi connectivity index (χ0n) is 13.8. The third kappa shape index (κ3) is 3.58. The van der Waals surface area contributed by atoms with Crippen molar-refractivity contribution in [2.24, 2.45) is 0 Å². The van der Waals surface area contributed by atoms with Crippen molar-refractivity contribution in [1.82, 2.24) is 9.71 Å². The molecule has 6 nitrogen and oxygen atoms in total. The van der Waals surface area contributed by atoms with Crippen LogP contribution in [0.2, 0.25) is 0 Å². The summed E-state index contributed by atoms with van der Waals surface area (Å²) in [4.78, 5) is 16.9. The molecule has 3 aromatic rings. The molecule has 1 fully saturated rings. The van der Waals surface area contributed by atoms with Crippen LogP contribution >= 0.6 is 0 Å². The van der Waals surface area contributed by atoms with E-state index in [0.29, 0.717) is 11.3 Å². The van der Waals surface area contributed by atoms with Gasteiger partial charge in [-0.2, -0.15) is 0 Å². The van der Waals surface area contributed by atoms with E-state index in [9.17, 15) is 13.2 Å². The SMILES string of the molecule is O=C(Nc1cnc2ccccc2c1)c1ccc(S(=O)(=O)NC2CC2)cc1. The summed E-state index contributed by atoms with van der Waals surface area (Å²) in [5, 5.41) is 3.71. The molecule has 0 atom stereocenters. The third-order valence-corrected chi connectivity index (χ3v) is 5.71. The first-order chi connectivity index (χ1) is 12.5. The van der Waals surface area contributed by atoms with Gasteiger partial charge in [0.25, 0.3) is 5.91 Å². The number of carbonyl (C=O) groups excluding carboxylic acids is 1. The number of benzene rings is 2. The van der Waals surface area contributed by atoms with Gasteiger partial charge in [-0.25, -0.2) is 13.1 Å². The average Bonchev–Trinajstić information content (AvgIpc) is 3.45. The monoisotopic (exact) mass is 367 g/mol. The lowest BCUT2D eigenvalue weighted by Crippen LogP contribution is -2.25. The number of rotatable bonds is 5. The Hall–Kier alpha value is -2.77. The molecule has 1 aliphatic carbocycles. The molecule has 0 spiro atoms. The van der Waals surface area contributed by atoms with E-state index in [1.54, 1.807) is 6.20 Å². The fourth-order valence-electron chi connectivity index (χ4n) is 2.62.